The average Bonchev–Trinajstić information content (AvgIpc) is 3.20. The maximum absolute atomic E-state index is 10.9. The molecule has 25 heavy (non-hydrogen) atoms. The van der Waals surface area contributed by atoms with E-state index in [1.54, 1.807) is 17.4 Å². The van der Waals surface area contributed by atoms with Gasteiger partial charge in [-0.05, 0) is 24.3 Å². The Kier molecular flexibility index (Phi) is 3.87. The first-order valence-corrected chi connectivity index (χ1v) is 8.74. The van der Waals surface area contributed by atoms with E-state index in [1.165, 1.54) is 12.1 Å². The smallest absolute Gasteiger partial charge is 0.273 e. The number of benzene rings is 1. The van der Waals surface area contributed by atoms with Crippen molar-refractivity contribution in [2.24, 2.45) is 5.41 Å². The SMILES string of the molecule is CC1(C)COC(c2ccc(-c3cc4ccc([N+](=O)[O-])cc4o3)s2)OC1. The second-order valence-corrected chi connectivity index (χ2v) is 8.03. The first-order valence-electron chi connectivity index (χ1n) is 7.93. The van der Waals surface area contributed by atoms with Gasteiger partial charge in [-0.3, -0.25) is 10.1 Å². The minimum Gasteiger partial charge on any atom is -0.455 e. The minimum absolute atomic E-state index is 0.0203. The van der Waals surface area contributed by atoms with E-state index in [1.807, 2.05) is 18.2 Å². The van der Waals surface area contributed by atoms with E-state index in [-0.39, 0.29) is 17.4 Å². The van der Waals surface area contributed by atoms with Crippen molar-refractivity contribution < 1.29 is 18.8 Å². The Bertz CT molecular complexity index is 932. The van der Waals surface area contributed by atoms with Crippen LogP contribution < -0.4 is 0 Å². The molecular formula is C18H17NO5S. The number of hydrogen-bond donors (Lipinski definition) is 0. The molecule has 2 aromatic heterocycles. The van der Waals surface area contributed by atoms with Gasteiger partial charge in [0.15, 0.2) is 6.29 Å². The lowest BCUT2D eigenvalue weighted by Crippen LogP contribution is -2.33. The molecule has 130 valence electrons. The predicted octanol–water partition coefficient (Wildman–Crippen LogP) is 5.14. The van der Waals surface area contributed by atoms with E-state index < -0.39 is 4.92 Å². The van der Waals surface area contributed by atoms with Crippen LogP contribution in [0.4, 0.5) is 5.69 Å². The molecule has 1 aromatic carbocycles. The summed E-state index contributed by atoms with van der Waals surface area (Å²) in [5.41, 5.74) is 0.558. The number of rotatable bonds is 3. The molecule has 6 nitrogen and oxygen atoms in total. The fourth-order valence-electron chi connectivity index (χ4n) is 2.72. The van der Waals surface area contributed by atoms with E-state index in [2.05, 4.69) is 13.8 Å². The van der Waals surface area contributed by atoms with Crippen LogP contribution in [0.15, 0.2) is 40.8 Å². The number of nitro groups is 1. The van der Waals surface area contributed by atoms with Gasteiger partial charge in [-0.15, -0.1) is 11.3 Å². The Morgan fingerprint density at radius 1 is 1.16 bits per heavy atom. The monoisotopic (exact) mass is 359 g/mol. The standard InChI is InChI=1S/C18H17NO5S/c1-18(2)9-22-17(23-10-18)16-6-5-15(25-16)14-7-11-3-4-12(19(20)21)8-13(11)24-14/h3-8,17H,9-10H2,1-2H3. The molecule has 0 aliphatic carbocycles. The molecule has 0 radical (unpaired) electrons. The molecule has 3 heterocycles. The Labute approximate surface area is 148 Å². The molecule has 3 aromatic rings. The van der Waals surface area contributed by atoms with Crippen LogP contribution in [-0.4, -0.2) is 18.1 Å². The van der Waals surface area contributed by atoms with Crippen LogP contribution >= 0.6 is 11.3 Å². The zero-order valence-electron chi connectivity index (χ0n) is 13.9. The summed E-state index contributed by atoms with van der Waals surface area (Å²) in [5.74, 6) is 0.683. The number of fused-ring (bicyclic) bond motifs is 1. The van der Waals surface area contributed by atoms with E-state index in [4.69, 9.17) is 13.9 Å². The molecule has 0 atom stereocenters. The number of furan rings is 1. The van der Waals surface area contributed by atoms with Crippen LogP contribution in [0.25, 0.3) is 21.6 Å². The molecule has 7 heteroatoms. The minimum atomic E-state index is -0.426. The van der Waals surface area contributed by atoms with Crippen molar-refractivity contribution >= 4 is 28.0 Å². The highest BCUT2D eigenvalue weighted by Gasteiger charge is 2.30. The molecule has 1 fully saturated rings. The van der Waals surface area contributed by atoms with Gasteiger partial charge in [0.2, 0.25) is 0 Å². The van der Waals surface area contributed by atoms with Crippen molar-refractivity contribution in [3.63, 3.8) is 0 Å². The molecule has 1 saturated heterocycles. The number of nitro benzene ring substituents is 1. The molecule has 0 bridgehead atoms. The van der Waals surface area contributed by atoms with Crippen LogP contribution in [-0.2, 0) is 9.47 Å². The topological polar surface area (TPSA) is 74.7 Å². The van der Waals surface area contributed by atoms with Crippen LogP contribution in [0.2, 0.25) is 0 Å². The second kappa shape index (κ2) is 5.94. The van der Waals surface area contributed by atoms with E-state index in [0.29, 0.717) is 24.6 Å². The zero-order valence-corrected chi connectivity index (χ0v) is 14.7. The summed E-state index contributed by atoms with van der Waals surface area (Å²) in [6.07, 6.45) is -0.350. The van der Waals surface area contributed by atoms with Gasteiger partial charge in [-0.2, -0.15) is 0 Å². The van der Waals surface area contributed by atoms with E-state index in [0.717, 1.165) is 15.1 Å². The maximum Gasteiger partial charge on any atom is 0.273 e. The Morgan fingerprint density at radius 3 is 2.64 bits per heavy atom. The zero-order chi connectivity index (χ0) is 17.6. The normalized spacial score (nSPS) is 17.8. The molecule has 0 amide bonds. The number of ether oxygens (including phenoxy) is 2. The largest absolute Gasteiger partial charge is 0.455 e. The molecule has 0 saturated carbocycles. The Morgan fingerprint density at radius 2 is 1.92 bits per heavy atom. The Hall–Kier alpha value is -2.22. The van der Waals surface area contributed by atoms with Crippen molar-refractivity contribution in [1.82, 2.24) is 0 Å². The molecule has 1 aliphatic heterocycles. The van der Waals surface area contributed by atoms with Crippen LogP contribution in [0.5, 0.6) is 0 Å². The molecule has 0 unspecified atom stereocenters. The van der Waals surface area contributed by atoms with Crippen molar-refractivity contribution in [3.8, 4) is 10.6 Å². The second-order valence-electron chi connectivity index (χ2n) is 6.91. The van der Waals surface area contributed by atoms with Gasteiger partial charge in [-0.25, -0.2) is 0 Å². The van der Waals surface area contributed by atoms with Crippen molar-refractivity contribution in [3.05, 3.63) is 51.4 Å². The summed E-state index contributed by atoms with van der Waals surface area (Å²) in [4.78, 5) is 12.4. The number of hydrogen-bond acceptors (Lipinski definition) is 6. The van der Waals surface area contributed by atoms with Gasteiger partial charge in [0, 0.05) is 16.9 Å². The predicted molar refractivity (Wildman–Crippen MR) is 94.6 cm³/mol. The van der Waals surface area contributed by atoms with Gasteiger partial charge in [0.25, 0.3) is 5.69 Å². The van der Waals surface area contributed by atoms with Crippen LogP contribution in [0.1, 0.15) is 25.0 Å². The molecule has 0 N–H and O–H groups in total. The van der Waals surface area contributed by atoms with Gasteiger partial charge >= 0.3 is 0 Å². The van der Waals surface area contributed by atoms with Gasteiger partial charge in [0.1, 0.15) is 11.3 Å². The quantitative estimate of drug-likeness (QED) is 0.478. The highest BCUT2D eigenvalue weighted by molar-refractivity contribution is 7.15. The highest BCUT2D eigenvalue weighted by atomic mass is 32.1. The molecule has 4 rings (SSSR count). The van der Waals surface area contributed by atoms with Crippen molar-refractivity contribution in [2.45, 2.75) is 20.1 Å². The van der Waals surface area contributed by atoms with Gasteiger partial charge in [0.05, 0.1) is 34.0 Å². The van der Waals surface area contributed by atoms with Crippen LogP contribution in [0.3, 0.4) is 0 Å². The van der Waals surface area contributed by atoms with E-state index >= 15 is 0 Å². The summed E-state index contributed by atoms with van der Waals surface area (Å²) >= 11 is 1.54. The summed E-state index contributed by atoms with van der Waals surface area (Å²) < 4.78 is 17.4. The average molecular weight is 359 g/mol. The first kappa shape index (κ1) is 16.3. The van der Waals surface area contributed by atoms with Gasteiger partial charge < -0.3 is 13.9 Å². The maximum atomic E-state index is 10.9. The first-order chi connectivity index (χ1) is 11.9. The van der Waals surface area contributed by atoms with Crippen molar-refractivity contribution in [1.29, 1.82) is 0 Å². The van der Waals surface area contributed by atoms with Crippen molar-refractivity contribution in [2.75, 3.05) is 13.2 Å². The summed E-state index contributed by atoms with van der Waals surface area (Å²) in [6.45, 7) is 5.52. The molecular weight excluding hydrogens is 342 g/mol. The fraction of sp³-hybridized carbons (Fsp3) is 0.333. The third kappa shape index (κ3) is 3.18. The summed E-state index contributed by atoms with van der Waals surface area (Å²) in [6, 6.07) is 10.4. The van der Waals surface area contributed by atoms with E-state index in [9.17, 15) is 10.1 Å². The molecule has 0 spiro atoms. The third-order valence-corrected chi connectivity index (χ3v) is 5.19. The number of thiophene rings is 1. The third-order valence-electron chi connectivity index (χ3n) is 4.07. The van der Waals surface area contributed by atoms with Crippen LogP contribution in [0, 0.1) is 15.5 Å². The lowest BCUT2D eigenvalue weighted by Gasteiger charge is -2.34. The summed E-state index contributed by atoms with van der Waals surface area (Å²) in [5, 5.41) is 11.7. The van der Waals surface area contributed by atoms with Gasteiger partial charge in [-0.1, -0.05) is 13.8 Å². The summed E-state index contributed by atoms with van der Waals surface area (Å²) in [7, 11) is 0. The number of non-ortho nitro benzene ring substituents is 1. The Balaban J connectivity index is 1.59. The lowest BCUT2D eigenvalue weighted by atomic mass is 9.96. The highest BCUT2D eigenvalue weighted by Crippen LogP contribution is 2.39. The number of nitrogens with zero attached hydrogens (tertiary/aromatic N) is 1. The fourth-order valence-corrected chi connectivity index (χ4v) is 3.68. The molecule has 1 aliphatic rings. The lowest BCUT2D eigenvalue weighted by molar-refractivity contribution is -0.384.